The molecule has 0 aliphatic heterocycles. The molecule has 2 aromatic carbocycles. The third-order valence-electron chi connectivity index (χ3n) is 3.94. The van der Waals surface area contributed by atoms with Gasteiger partial charge in [-0.25, -0.2) is 0 Å². The van der Waals surface area contributed by atoms with Crippen molar-refractivity contribution in [3.63, 3.8) is 0 Å². The Balaban J connectivity index is 1.80. The molecule has 0 saturated carbocycles. The molecule has 2 aromatic rings. The summed E-state index contributed by atoms with van der Waals surface area (Å²) in [7, 11) is 0. The zero-order valence-corrected chi connectivity index (χ0v) is 15.2. The Morgan fingerprint density at radius 3 is 2.56 bits per heavy atom. The van der Waals surface area contributed by atoms with Crippen LogP contribution in [0.5, 0.6) is 0 Å². The molecule has 0 aliphatic rings. The lowest BCUT2D eigenvalue weighted by atomic mass is 9.99. The number of esters is 1. The minimum absolute atomic E-state index is 0.0159. The average molecular weight is 364 g/mol. The Morgan fingerprint density at radius 1 is 1.07 bits per heavy atom. The molecule has 0 fully saturated rings. The highest BCUT2D eigenvalue weighted by Crippen LogP contribution is 2.15. The average Bonchev–Trinajstić information content (AvgIpc) is 2.66. The van der Waals surface area contributed by atoms with E-state index in [0.717, 1.165) is 11.1 Å². The standard InChI is InChI=1S/C21H20N2O4/c1-14-7-8-15(2)17(11-14)19(24)9-10-21(26)27-13-20(25)23-18-6-4-3-5-16(18)12-22/h3-8,11H,9-10,13H2,1-2H3,(H,23,25). The molecule has 0 aliphatic carbocycles. The Labute approximate surface area is 157 Å². The zero-order chi connectivity index (χ0) is 19.8. The topological polar surface area (TPSA) is 96.3 Å². The van der Waals surface area contributed by atoms with E-state index in [0.29, 0.717) is 16.8 Å². The molecule has 0 unspecified atom stereocenters. The molecule has 0 saturated heterocycles. The normalized spacial score (nSPS) is 9.96. The van der Waals surface area contributed by atoms with Gasteiger partial charge in [0.25, 0.3) is 5.91 Å². The van der Waals surface area contributed by atoms with Crippen molar-refractivity contribution in [3.8, 4) is 6.07 Å². The van der Waals surface area contributed by atoms with Crippen LogP contribution in [0.3, 0.4) is 0 Å². The number of hydrogen-bond acceptors (Lipinski definition) is 5. The predicted molar refractivity (Wildman–Crippen MR) is 100 cm³/mol. The molecular formula is C21H20N2O4. The van der Waals surface area contributed by atoms with Gasteiger partial charge in [0.05, 0.1) is 17.7 Å². The van der Waals surface area contributed by atoms with E-state index in [1.165, 1.54) is 0 Å². The number of ether oxygens (including phenoxy) is 1. The molecule has 27 heavy (non-hydrogen) atoms. The van der Waals surface area contributed by atoms with Gasteiger partial charge in [0.15, 0.2) is 12.4 Å². The van der Waals surface area contributed by atoms with Crippen LogP contribution in [0.4, 0.5) is 5.69 Å². The summed E-state index contributed by atoms with van der Waals surface area (Å²) in [4.78, 5) is 35.9. The summed E-state index contributed by atoms with van der Waals surface area (Å²) in [6.45, 7) is 3.26. The van der Waals surface area contributed by atoms with Gasteiger partial charge in [0.2, 0.25) is 0 Å². The number of aryl methyl sites for hydroxylation is 2. The van der Waals surface area contributed by atoms with Crippen molar-refractivity contribution in [2.24, 2.45) is 0 Å². The molecule has 138 valence electrons. The largest absolute Gasteiger partial charge is 0.456 e. The van der Waals surface area contributed by atoms with Gasteiger partial charge in [-0.2, -0.15) is 5.26 Å². The van der Waals surface area contributed by atoms with E-state index < -0.39 is 18.5 Å². The molecule has 1 amide bonds. The maximum Gasteiger partial charge on any atom is 0.306 e. The highest BCUT2D eigenvalue weighted by atomic mass is 16.5. The fourth-order valence-electron chi connectivity index (χ4n) is 2.48. The Hall–Kier alpha value is -3.46. The maximum absolute atomic E-state index is 12.3. The first-order valence-corrected chi connectivity index (χ1v) is 8.45. The van der Waals surface area contributed by atoms with Crippen molar-refractivity contribution >= 4 is 23.3 Å². The van der Waals surface area contributed by atoms with Crippen molar-refractivity contribution in [2.45, 2.75) is 26.7 Å². The number of nitriles is 1. The Morgan fingerprint density at radius 2 is 1.81 bits per heavy atom. The lowest BCUT2D eigenvalue weighted by molar-refractivity contribution is -0.147. The second kappa shape index (κ2) is 9.30. The number of Topliss-reactive ketones (excluding diaryl/α,β-unsaturated/α-hetero) is 1. The molecule has 2 rings (SSSR count). The summed E-state index contributed by atoms with van der Waals surface area (Å²) in [5.74, 6) is -1.31. The maximum atomic E-state index is 12.3. The van der Waals surface area contributed by atoms with E-state index in [9.17, 15) is 14.4 Å². The number of carbonyl (C=O) groups is 3. The number of ketones is 1. The van der Waals surface area contributed by atoms with Crippen molar-refractivity contribution < 1.29 is 19.1 Å². The molecule has 6 heteroatoms. The van der Waals surface area contributed by atoms with E-state index in [1.807, 2.05) is 32.0 Å². The fourth-order valence-corrected chi connectivity index (χ4v) is 2.48. The fraction of sp³-hybridized carbons (Fsp3) is 0.238. The van der Waals surface area contributed by atoms with Gasteiger partial charge in [-0.15, -0.1) is 0 Å². The van der Waals surface area contributed by atoms with Crippen LogP contribution in [0, 0.1) is 25.2 Å². The second-order valence-electron chi connectivity index (χ2n) is 6.11. The monoisotopic (exact) mass is 364 g/mol. The van der Waals surface area contributed by atoms with E-state index in [4.69, 9.17) is 10.00 Å². The Kier molecular flexibility index (Phi) is 6.84. The highest BCUT2D eigenvalue weighted by Gasteiger charge is 2.14. The van der Waals surface area contributed by atoms with E-state index in [1.54, 1.807) is 30.3 Å². The number of nitrogens with zero attached hydrogens (tertiary/aromatic N) is 1. The van der Waals surface area contributed by atoms with Crippen molar-refractivity contribution in [1.82, 2.24) is 0 Å². The van der Waals surface area contributed by atoms with Crippen molar-refractivity contribution in [2.75, 3.05) is 11.9 Å². The van der Waals surface area contributed by atoms with Gasteiger partial charge in [0.1, 0.15) is 6.07 Å². The zero-order valence-electron chi connectivity index (χ0n) is 15.2. The summed E-state index contributed by atoms with van der Waals surface area (Å²) in [6.07, 6.45) is -0.0870. The minimum Gasteiger partial charge on any atom is -0.456 e. The first-order chi connectivity index (χ1) is 12.9. The van der Waals surface area contributed by atoms with Gasteiger partial charge >= 0.3 is 5.97 Å². The summed E-state index contributed by atoms with van der Waals surface area (Å²) in [5.41, 5.74) is 3.09. The van der Waals surface area contributed by atoms with Gasteiger partial charge in [0, 0.05) is 12.0 Å². The predicted octanol–water partition coefficient (Wildman–Crippen LogP) is 3.32. The molecule has 0 bridgehead atoms. The molecular weight excluding hydrogens is 344 g/mol. The molecule has 0 heterocycles. The number of nitrogens with one attached hydrogen (secondary N) is 1. The van der Waals surface area contributed by atoms with Crippen LogP contribution in [0.2, 0.25) is 0 Å². The summed E-state index contributed by atoms with van der Waals surface area (Å²) < 4.78 is 4.90. The first kappa shape index (κ1) is 19.9. The van der Waals surface area contributed by atoms with E-state index in [2.05, 4.69) is 5.32 Å². The van der Waals surface area contributed by atoms with Gasteiger partial charge < -0.3 is 10.1 Å². The molecule has 0 spiro atoms. The number of anilines is 1. The van der Waals surface area contributed by atoms with E-state index in [-0.39, 0.29) is 18.6 Å². The quantitative estimate of drug-likeness (QED) is 0.600. The molecule has 6 nitrogen and oxygen atoms in total. The van der Waals surface area contributed by atoms with Crippen molar-refractivity contribution in [3.05, 3.63) is 64.7 Å². The Bertz CT molecular complexity index is 913. The smallest absolute Gasteiger partial charge is 0.306 e. The summed E-state index contributed by atoms with van der Waals surface area (Å²) in [6, 6.07) is 14.1. The number of para-hydroxylation sites is 1. The summed E-state index contributed by atoms with van der Waals surface area (Å²) in [5, 5.41) is 11.5. The van der Waals surface area contributed by atoms with Crippen LogP contribution in [-0.2, 0) is 14.3 Å². The van der Waals surface area contributed by atoms with Crippen LogP contribution in [-0.4, -0.2) is 24.3 Å². The SMILES string of the molecule is Cc1ccc(C)c(C(=O)CCC(=O)OCC(=O)Nc2ccccc2C#N)c1. The summed E-state index contributed by atoms with van der Waals surface area (Å²) >= 11 is 0. The van der Waals surface area contributed by atoms with Crippen LogP contribution in [0.15, 0.2) is 42.5 Å². The molecule has 0 atom stereocenters. The van der Waals surface area contributed by atoms with E-state index >= 15 is 0 Å². The van der Waals surface area contributed by atoms with Gasteiger partial charge in [-0.3, -0.25) is 14.4 Å². The van der Waals surface area contributed by atoms with Gasteiger partial charge in [-0.05, 0) is 37.6 Å². The number of hydrogen-bond donors (Lipinski definition) is 1. The highest BCUT2D eigenvalue weighted by molar-refractivity contribution is 5.99. The van der Waals surface area contributed by atoms with Gasteiger partial charge in [-0.1, -0.05) is 29.8 Å². The lowest BCUT2D eigenvalue weighted by Gasteiger charge is -2.08. The van der Waals surface area contributed by atoms with Crippen LogP contribution >= 0.6 is 0 Å². The number of rotatable bonds is 7. The number of amides is 1. The third-order valence-corrected chi connectivity index (χ3v) is 3.94. The minimum atomic E-state index is -0.627. The first-order valence-electron chi connectivity index (χ1n) is 8.45. The molecule has 0 radical (unpaired) electrons. The third kappa shape index (κ3) is 5.79. The van der Waals surface area contributed by atoms with Crippen LogP contribution < -0.4 is 5.32 Å². The lowest BCUT2D eigenvalue weighted by Crippen LogP contribution is -2.21. The van der Waals surface area contributed by atoms with Crippen molar-refractivity contribution in [1.29, 1.82) is 5.26 Å². The number of benzene rings is 2. The molecule has 1 N–H and O–H groups in total. The number of carbonyl (C=O) groups excluding carboxylic acids is 3. The second-order valence-corrected chi connectivity index (χ2v) is 6.11. The molecule has 0 aromatic heterocycles. The van der Waals surface area contributed by atoms with Crippen LogP contribution in [0.1, 0.15) is 39.9 Å². The van der Waals surface area contributed by atoms with Crippen LogP contribution in [0.25, 0.3) is 0 Å².